The molecule has 0 aliphatic carbocycles. The van der Waals surface area contributed by atoms with E-state index in [9.17, 15) is 0 Å². The van der Waals surface area contributed by atoms with Crippen LogP contribution in [0.5, 0.6) is 0 Å². The lowest BCUT2D eigenvalue weighted by Crippen LogP contribution is -2.38. The number of hydrogen-bond donors (Lipinski definition) is 1. The van der Waals surface area contributed by atoms with E-state index in [1.165, 1.54) is 25.7 Å². The minimum Gasteiger partial charge on any atom is -0.370 e. The number of aromatic nitrogens is 1. The molecule has 0 amide bonds. The minimum absolute atomic E-state index is 0. The van der Waals surface area contributed by atoms with Crippen LogP contribution >= 0.6 is 24.0 Å². The fourth-order valence-electron chi connectivity index (χ4n) is 2.82. The average Bonchev–Trinajstić information content (AvgIpc) is 2.84. The third kappa shape index (κ3) is 6.16. The summed E-state index contributed by atoms with van der Waals surface area (Å²) in [6, 6.07) is 4.17. The Balaban J connectivity index is 0.00000264. The zero-order chi connectivity index (χ0) is 15.8. The number of halogens is 1. The molecule has 0 saturated carbocycles. The Bertz CT molecular complexity index is 462. The first-order valence-corrected chi connectivity index (χ1v) is 8.49. The van der Waals surface area contributed by atoms with Gasteiger partial charge in [-0.25, -0.2) is 9.98 Å². The summed E-state index contributed by atoms with van der Waals surface area (Å²) in [5.41, 5.74) is 7.24. The highest BCUT2D eigenvalue weighted by molar-refractivity contribution is 14.0. The fraction of sp³-hybridized carbons (Fsp3) is 0.647. The molecule has 1 fully saturated rings. The van der Waals surface area contributed by atoms with Gasteiger partial charge in [-0.2, -0.15) is 0 Å². The summed E-state index contributed by atoms with van der Waals surface area (Å²) in [5, 5.41) is 0. The quantitative estimate of drug-likeness (QED) is 0.442. The van der Waals surface area contributed by atoms with Crippen molar-refractivity contribution in [2.75, 3.05) is 31.1 Å². The summed E-state index contributed by atoms with van der Waals surface area (Å²) < 4.78 is 0. The van der Waals surface area contributed by atoms with Gasteiger partial charge >= 0.3 is 0 Å². The van der Waals surface area contributed by atoms with Crippen molar-refractivity contribution >= 4 is 35.8 Å². The number of anilines is 1. The Kier molecular flexibility index (Phi) is 9.28. The standard InChI is InChI=1S/C17H29N5.HI/c1-3-21(4-2)16-10-9-15(13-19-16)14-20-17(18)22-11-7-5-6-8-12-22;/h9-10,13H,3-8,11-12,14H2,1-2H3,(H2,18,20);1H. The highest BCUT2D eigenvalue weighted by Crippen LogP contribution is 2.12. The van der Waals surface area contributed by atoms with Gasteiger partial charge in [0.2, 0.25) is 0 Å². The molecule has 0 radical (unpaired) electrons. The van der Waals surface area contributed by atoms with Crippen LogP contribution in [0.3, 0.4) is 0 Å². The zero-order valence-electron chi connectivity index (χ0n) is 14.4. The van der Waals surface area contributed by atoms with Crippen molar-refractivity contribution in [1.29, 1.82) is 0 Å². The molecular weight excluding hydrogens is 401 g/mol. The van der Waals surface area contributed by atoms with Crippen LogP contribution in [0, 0.1) is 0 Å². The number of rotatable bonds is 5. The van der Waals surface area contributed by atoms with Crippen molar-refractivity contribution in [3.8, 4) is 0 Å². The summed E-state index contributed by atoms with van der Waals surface area (Å²) in [7, 11) is 0. The maximum atomic E-state index is 6.13. The Morgan fingerprint density at radius 1 is 1.17 bits per heavy atom. The molecule has 2 N–H and O–H groups in total. The molecule has 5 nitrogen and oxygen atoms in total. The van der Waals surface area contributed by atoms with Gasteiger partial charge in [0.1, 0.15) is 5.82 Å². The van der Waals surface area contributed by atoms with Gasteiger partial charge in [-0.3, -0.25) is 0 Å². The van der Waals surface area contributed by atoms with Crippen LogP contribution in [0.25, 0.3) is 0 Å². The summed E-state index contributed by atoms with van der Waals surface area (Å²) >= 11 is 0. The first-order valence-electron chi connectivity index (χ1n) is 8.49. The lowest BCUT2D eigenvalue weighted by Gasteiger charge is -2.21. The van der Waals surface area contributed by atoms with E-state index >= 15 is 0 Å². The Morgan fingerprint density at radius 2 is 1.83 bits per heavy atom. The first kappa shape index (κ1) is 20.0. The van der Waals surface area contributed by atoms with Crippen LogP contribution in [-0.4, -0.2) is 42.0 Å². The second-order valence-electron chi connectivity index (χ2n) is 5.77. The second kappa shape index (κ2) is 10.7. The molecule has 0 unspecified atom stereocenters. The van der Waals surface area contributed by atoms with Crippen molar-refractivity contribution in [3.05, 3.63) is 23.9 Å². The molecule has 1 aliphatic rings. The van der Waals surface area contributed by atoms with Crippen molar-refractivity contribution in [2.24, 2.45) is 10.7 Å². The summed E-state index contributed by atoms with van der Waals surface area (Å²) in [4.78, 5) is 13.5. The Labute approximate surface area is 157 Å². The highest BCUT2D eigenvalue weighted by Gasteiger charge is 2.10. The Morgan fingerprint density at radius 3 is 2.35 bits per heavy atom. The van der Waals surface area contributed by atoms with Gasteiger partial charge in [-0.15, -0.1) is 24.0 Å². The summed E-state index contributed by atoms with van der Waals surface area (Å²) in [6.07, 6.45) is 6.96. The SMILES string of the molecule is CCN(CC)c1ccc(CN=C(N)N2CCCCCC2)cn1.I. The second-order valence-corrected chi connectivity index (χ2v) is 5.77. The predicted octanol–water partition coefficient (Wildman–Crippen LogP) is 3.24. The molecule has 130 valence electrons. The van der Waals surface area contributed by atoms with Gasteiger partial charge in [-0.05, 0) is 38.3 Å². The molecule has 1 saturated heterocycles. The first-order chi connectivity index (χ1) is 10.7. The molecule has 6 heteroatoms. The largest absolute Gasteiger partial charge is 0.370 e. The van der Waals surface area contributed by atoms with E-state index in [-0.39, 0.29) is 24.0 Å². The van der Waals surface area contributed by atoms with E-state index in [1.807, 2.05) is 6.20 Å². The third-order valence-electron chi connectivity index (χ3n) is 4.25. The lowest BCUT2D eigenvalue weighted by atomic mass is 10.2. The number of pyridine rings is 1. The molecule has 0 atom stereocenters. The van der Waals surface area contributed by atoms with E-state index in [1.54, 1.807) is 0 Å². The van der Waals surface area contributed by atoms with E-state index in [0.29, 0.717) is 12.5 Å². The molecule has 0 spiro atoms. The van der Waals surface area contributed by atoms with Gasteiger partial charge in [-0.1, -0.05) is 18.9 Å². The van der Waals surface area contributed by atoms with Gasteiger partial charge in [0.15, 0.2) is 5.96 Å². The minimum atomic E-state index is 0. The average molecular weight is 431 g/mol. The number of nitrogens with zero attached hydrogens (tertiary/aromatic N) is 4. The maximum absolute atomic E-state index is 6.13. The zero-order valence-corrected chi connectivity index (χ0v) is 16.7. The Hall–Kier alpha value is -1.05. The third-order valence-corrected chi connectivity index (χ3v) is 4.25. The van der Waals surface area contributed by atoms with E-state index in [4.69, 9.17) is 5.73 Å². The number of aliphatic imine (C=N–C) groups is 1. The van der Waals surface area contributed by atoms with E-state index in [2.05, 4.69) is 45.8 Å². The molecule has 1 aliphatic heterocycles. The van der Waals surface area contributed by atoms with E-state index < -0.39 is 0 Å². The van der Waals surface area contributed by atoms with Crippen LogP contribution in [0.1, 0.15) is 45.1 Å². The monoisotopic (exact) mass is 431 g/mol. The van der Waals surface area contributed by atoms with Crippen molar-refractivity contribution < 1.29 is 0 Å². The van der Waals surface area contributed by atoms with Crippen LogP contribution in [0.15, 0.2) is 23.3 Å². The summed E-state index contributed by atoms with van der Waals surface area (Å²) in [5.74, 6) is 1.70. The highest BCUT2D eigenvalue weighted by atomic mass is 127. The maximum Gasteiger partial charge on any atom is 0.191 e. The number of likely N-dealkylation sites (tertiary alicyclic amines) is 1. The molecule has 0 bridgehead atoms. The normalized spacial score (nSPS) is 15.7. The number of guanidine groups is 1. The van der Waals surface area contributed by atoms with Gasteiger partial charge in [0.05, 0.1) is 6.54 Å². The smallest absolute Gasteiger partial charge is 0.191 e. The molecular formula is C17H30IN5. The van der Waals surface area contributed by atoms with Crippen molar-refractivity contribution in [3.63, 3.8) is 0 Å². The van der Waals surface area contributed by atoms with Crippen LogP contribution in [-0.2, 0) is 6.54 Å². The molecule has 23 heavy (non-hydrogen) atoms. The molecule has 2 rings (SSSR count). The van der Waals surface area contributed by atoms with Crippen molar-refractivity contribution in [2.45, 2.75) is 46.1 Å². The van der Waals surface area contributed by atoms with Gasteiger partial charge < -0.3 is 15.5 Å². The number of hydrogen-bond acceptors (Lipinski definition) is 3. The van der Waals surface area contributed by atoms with Crippen molar-refractivity contribution in [1.82, 2.24) is 9.88 Å². The van der Waals surface area contributed by atoms with Gasteiger partial charge in [0, 0.05) is 32.4 Å². The van der Waals surface area contributed by atoms with Gasteiger partial charge in [0.25, 0.3) is 0 Å². The summed E-state index contributed by atoms with van der Waals surface area (Å²) in [6.45, 7) is 8.92. The molecule has 0 aromatic carbocycles. The predicted molar refractivity (Wildman–Crippen MR) is 109 cm³/mol. The van der Waals surface area contributed by atoms with E-state index in [0.717, 1.165) is 37.6 Å². The van der Waals surface area contributed by atoms with Crippen LogP contribution in [0.4, 0.5) is 5.82 Å². The molecule has 1 aromatic rings. The van der Waals surface area contributed by atoms with Crippen LogP contribution < -0.4 is 10.6 Å². The fourth-order valence-corrected chi connectivity index (χ4v) is 2.82. The lowest BCUT2D eigenvalue weighted by molar-refractivity contribution is 0.428. The topological polar surface area (TPSA) is 57.8 Å². The molecule has 2 heterocycles. The molecule has 1 aromatic heterocycles. The number of nitrogens with two attached hydrogens (primary N) is 1. The van der Waals surface area contributed by atoms with Crippen LogP contribution in [0.2, 0.25) is 0 Å².